The van der Waals surface area contributed by atoms with E-state index in [4.69, 9.17) is 5.26 Å². The van der Waals surface area contributed by atoms with Gasteiger partial charge in [0.1, 0.15) is 0 Å². The molecule has 0 aliphatic carbocycles. The number of carbonyl (C=O) groups excluding carboxylic acids is 1. The summed E-state index contributed by atoms with van der Waals surface area (Å²) in [5, 5.41) is 11.1. The Labute approximate surface area is 87.6 Å². The van der Waals surface area contributed by atoms with E-state index in [2.05, 4.69) is 27.3 Å². The molecule has 1 amide bonds. The highest BCUT2D eigenvalue weighted by Crippen LogP contribution is 2.03. The summed E-state index contributed by atoms with van der Waals surface area (Å²) in [7, 11) is 0. The van der Waals surface area contributed by atoms with Crippen LogP contribution in [0.5, 0.6) is 0 Å². The van der Waals surface area contributed by atoms with Crippen molar-refractivity contribution in [3.05, 3.63) is 0 Å². The van der Waals surface area contributed by atoms with E-state index in [1.54, 1.807) is 0 Å². The fourth-order valence-electron chi connectivity index (χ4n) is 0.837. The summed E-state index contributed by atoms with van der Waals surface area (Å²) >= 11 is 3.26. The zero-order chi connectivity index (χ0) is 10.1. The molecule has 3 nitrogen and oxygen atoms in total. The molecule has 0 radical (unpaired) electrons. The molecular formula is C9H15BrN2O. The molecule has 0 saturated carbocycles. The first-order valence-corrected chi connectivity index (χ1v) is 5.42. The third-order valence-electron chi connectivity index (χ3n) is 1.66. The zero-order valence-corrected chi connectivity index (χ0v) is 9.43. The normalized spacial score (nSPS) is 11.8. The number of amides is 1. The van der Waals surface area contributed by atoms with E-state index in [-0.39, 0.29) is 10.7 Å². The maximum Gasteiger partial charge on any atom is 0.233 e. The number of unbranched alkanes of at least 4 members (excludes halogenated alkanes) is 2. The van der Waals surface area contributed by atoms with Crippen LogP contribution in [0.15, 0.2) is 0 Å². The minimum absolute atomic E-state index is 0.0412. The summed E-state index contributed by atoms with van der Waals surface area (Å²) < 4.78 is 0. The lowest BCUT2D eigenvalue weighted by molar-refractivity contribution is -0.120. The second-order valence-corrected chi connectivity index (χ2v) is 3.89. The number of carbonyl (C=O) groups is 1. The monoisotopic (exact) mass is 246 g/mol. The van der Waals surface area contributed by atoms with Gasteiger partial charge in [-0.15, -0.1) is 0 Å². The molecule has 13 heavy (non-hydrogen) atoms. The van der Waals surface area contributed by atoms with Crippen LogP contribution in [0, 0.1) is 11.3 Å². The summed E-state index contributed by atoms with van der Waals surface area (Å²) in [4.78, 5) is 11.1. The standard InChI is InChI=1S/C9H15BrN2O/c1-2-8(10)9(13)12-7-5-3-4-6-11/h8H,2-5,7H2,1H3,(H,12,13). The maximum atomic E-state index is 11.2. The molecule has 74 valence electrons. The first-order valence-electron chi connectivity index (χ1n) is 4.51. The van der Waals surface area contributed by atoms with E-state index in [1.165, 1.54) is 0 Å². The molecule has 0 aromatic heterocycles. The lowest BCUT2D eigenvalue weighted by Gasteiger charge is -2.07. The Morgan fingerprint density at radius 3 is 2.85 bits per heavy atom. The molecule has 0 fully saturated rings. The molecule has 0 rings (SSSR count). The lowest BCUT2D eigenvalue weighted by Crippen LogP contribution is -2.31. The predicted octanol–water partition coefficient (Wildman–Crippen LogP) is 1.97. The number of alkyl halides is 1. The van der Waals surface area contributed by atoms with Gasteiger partial charge in [-0.1, -0.05) is 22.9 Å². The van der Waals surface area contributed by atoms with Crippen molar-refractivity contribution in [2.75, 3.05) is 6.54 Å². The van der Waals surface area contributed by atoms with Crippen molar-refractivity contribution in [3.63, 3.8) is 0 Å². The second kappa shape index (κ2) is 8.06. The molecule has 1 atom stereocenters. The van der Waals surface area contributed by atoms with Gasteiger partial charge < -0.3 is 5.32 Å². The van der Waals surface area contributed by atoms with E-state index in [1.807, 2.05) is 6.92 Å². The first kappa shape index (κ1) is 12.4. The maximum absolute atomic E-state index is 11.2. The Morgan fingerprint density at radius 2 is 2.31 bits per heavy atom. The Balaban J connectivity index is 3.33. The summed E-state index contributed by atoms with van der Waals surface area (Å²) in [6.45, 7) is 2.62. The van der Waals surface area contributed by atoms with Crippen LogP contribution in [0.2, 0.25) is 0 Å². The molecule has 1 unspecified atom stereocenters. The van der Waals surface area contributed by atoms with E-state index < -0.39 is 0 Å². The number of rotatable bonds is 6. The van der Waals surface area contributed by atoms with Gasteiger partial charge >= 0.3 is 0 Å². The van der Waals surface area contributed by atoms with E-state index >= 15 is 0 Å². The van der Waals surface area contributed by atoms with Crippen molar-refractivity contribution in [1.82, 2.24) is 5.32 Å². The number of halogens is 1. The number of hydrogen-bond acceptors (Lipinski definition) is 2. The Hall–Kier alpha value is -0.560. The number of hydrogen-bond donors (Lipinski definition) is 1. The highest BCUT2D eigenvalue weighted by molar-refractivity contribution is 9.10. The van der Waals surface area contributed by atoms with Crippen LogP contribution >= 0.6 is 15.9 Å². The zero-order valence-electron chi connectivity index (χ0n) is 7.85. The molecule has 0 heterocycles. The van der Waals surface area contributed by atoms with Gasteiger partial charge in [-0.2, -0.15) is 5.26 Å². The fourth-order valence-corrected chi connectivity index (χ4v) is 0.999. The molecule has 1 N–H and O–H groups in total. The molecule has 0 aliphatic heterocycles. The molecule has 0 saturated heterocycles. The van der Waals surface area contributed by atoms with Crippen LogP contribution in [0.25, 0.3) is 0 Å². The summed E-state index contributed by atoms with van der Waals surface area (Å²) in [6.07, 6.45) is 3.10. The van der Waals surface area contributed by atoms with Gasteiger partial charge in [0.2, 0.25) is 5.91 Å². The molecular weight excluding hydrogens is 232 g/mol. The second-order valence-electron chi connectivity index (χ2n) is 2.78. The average molecular weight is 247 g/mol. The van der Waals surface area contributed by atoms with E-state index in [0.29, 0.717) is 13.0 Å². The van der Waals surface area contributed by atoms with Gasteiger partial charge in [0.05, 0.1) is 10.9 Å². The summed E-state index contributed by atoms with van der Waals surface area (Å²) in [5.74, 6) is 0.0412. The predicted molar refractivity (Wildman–Crippen MR) is 55.5 cm³/mol. The molecule has 0 bridgehead atoms. The Morgan fingerprint density at radius 1 is 1.62 bits per heavy atom. The van der Waals surface area contributed by atoms with Crippen molar-refractivity contribution < 1.29 is 4.79 Å². The molecule has 0 aliphatic rings. The third-order valence-corrected chi connectivity index (χ3v) is 2.72. The molecule has 0 aromatic rings. The van der Waals surface area contributed by atoms with Gasteiger partial charge in [0, 0.05) is 13.0 Å². The van der Waals surface area contributed by atoms with Crippen LogP contribution in [0.3, 0.4) is 0 Å². The van der Waals surface area contributed by atoms with E-state index in [9.17, 15) is 4.79 Å². The minimum Gasteiger partial charge on any atom is -0.355 e. The average Bonchev–Trinajstić information content (AvgIpc) is 2.16. The van der Waals surface area contributed by atoms with E-state index in [0.717, 1.165) is 19.3 Å². The third kappa shape index (κ3) is 6.59. The SMILES string of the molecule is CCC(Br)C(=O)NCCCCC#N. The number of nitriles is 1. The number of nitrogens with zero attached hydrogens (tertiary/aromatic N) is 1. The van der Waals surface area contributed by atoms with Crippen molar-refractivity contribution in [3.8, 4) is 6.07 Å². The van der Waals surface area contributed by atoms with Crippen LogP contribution < -0.4 is 5.32 Å². The lowest BCUT2D eigenvalue weighted by atomic mass is 10.2. The van der Waals surface area contributed by atoms with Crippen molar-refractivity contribution in [2.24, 2.45) is 0 Å². The van der Waals surface area contributed by atoms with Crippen molar-refractivity contribution in [2.45, 2.75) is 37.4 Å². The van der Waals surface area contributed by atoms with Gasteiger partial charge in [-0.05, 0) is 19.3 Å². The minimum atomic E-state index is -0.0801. The van der Waals surface area contributed by atoms with Crippen LogP contribution in [0.1, 0.15) is 32.6 Å². The van der Waals surface area contributed by atoms with Crippen LogP contribution in [-0.2, 0) is 4.79 Å². The largest absolute Gasteiger partial charge is 0.355 e. The van der Waals surface area contributed by atoms with Gasteiger partial charge in [-0.3, -0.25) is 4.79 Å². The first-order chi connectivity index (χ1) is 6.22. The van der Waals surface area contributed by atoms with Crippen molar-refractivity contribution >= 4 is 21.8 Å². The summed E-state index contributed by atoms with van der Waals surface area (Å²) in [6, 6.07) is 2.07. The highest BCUT2D eigenvalue weighted by atomic mass is 79.9. The van der Waals surface area contributed by atoms with Crippen LogP contribution in [-0.4, -0.2) is 17.3 Å². The molecule has 4 heteroatoms. The van der Waals surface area contributed by atoms with Gasteiger partial charge in [-0.25, -0.2) is 0 Å². The highest BCUT2D eigenvalue weighted by Gasteiger charge is 2.10. The van der Waals surface area contributed by atoms with Crippen molar-refractivity contribution in [1.29, 1.82) is 5.26 Å². The number of nitrogens with one attached hydrogen (secondary N) is 1. The fraction of sp³-hybridized carbons (Fsp3) is 0.778. The van der Waals surface area contributed by atoms with Gasteiger partial charge in [0.25, 0.3) is 0 Å². The Kier molecular flexibility index (Phi) is 7.71. The van der Waals surface area contributed by atoms with Crippen LogP contribution in [0.4, 0.5) is 0 Å². The molecule has 0 spiro atoms. The van der Waals surface area contributed by atoms with Gasteiger partial charge in [0.15, 0.2) is 0 Å². The topological polar surface area (TPSA) is 52.9 Å². The molecule has 0 aromatic carbocycles. The quantitative estimate of drug-likeness (QED) is 0.576. The Bertz CT molecular complexity index is 189. The smallest absolute Gasteiger partial charge is 0.233 e. The summed E-state index contributed by atoms with van der Waals surface area (Å²) in [5.41, 5.74) is 0.